The van der Waals surface area contributed by atoms with Gasteiger partial charge in [0.2, 0.25) is 0 Å². The van der Waals surface area contributed by atoms with Crippen molar-refractivity contribution in [1.29, 1.82) is 0 Å². The van der Waals surface area contributed by atoms with Crippen LogP contribution in [-0.2, 0) is 11.2 Å². The highest BCUT2D eigenvalue weighted by Gasteiger charge is 2.17. The summed E-state index contributed by atoms with van der Waals surface area (Å²) in [7, 11) is 1.70. The summed E-state index contributed by atoms with van der Waals surface area (Å²) in [6.07, 6.45) is 1.58. The van der Waals surface area contributed by atoms with Crippen molar-refractivity contribution in [2.24, 2.45) is 5.73 Å². The smallest absolute Gasteiger partial charge is 0.123 e. The summed E-state index contributed by atoms with van der Waals surface area (Å²) < 4.78 is 18.8. The predicted molar refractivity (Wildman–Crippen MR) is 82.7 cm³/mol. The van der Waals surface area contributed by atoms with E-state index < -0.39 is 0 Å². The maximum Gasteiger partial charge on any atom is 0.123 e. The number of nitrogens with two attached hydrogens (primary N) is 1. The lowest BCUT2D eigenvalue weighted by Gasteiger charge is -2.32. The second-order valence-corrected chi connectivity index (χ2v) is 5.24. The number of anilines is 1. The number of hydrogen-bond acceptors (Lipinski definition) is 3. The standard InChI is InChI=1S/C16H27FN2O/c1-5-15(18)10-13-9-14(17)7-8-16(13)19(6-2)12(3)11-20-4/h7-9,12,15H,5-6,10-11,18H2,1-4H3. The molecule has 0 bridgehead atoms. The van der Waals surface area contributed by atoms with Crippen molar-refractivity contribution in [2.75, 3.05) is 25.2 Å². The fraction of sp³-hybridized carbons (Fsp3) is 0.625. The van der Waals surface area contributed by atoms with E-state index in [0.717, 1.165) is 24.2 Å². The number of benzene rings is 1. The van der Waals surface area contributed by atoms with Gasteiger partial charge in [0.05, 0.1) is 6.61 Å². The molecular weight excluding hydrogens is 255 g/mol. The molecule has 20 heavy (non-hydrogen) atoms. The van der Waals surface area contributed by atoms with Crippen LogP contribution in [0.15, 0.2) is 18.2 Å². The van der Waals surface area contributed by atoms with Gasteiger partial charge in [-0.15, -0.1) is 0 Å². The van der Waals surface area contributed by atoms with Crippen LogP contribution >= 0.6 is 0 Å². The Balaban J connectivity index is 3.07. The van der Waals surface area contributed by atoms with Gasteiger partial charge in [-0.1, -0.05) is 6.92 Å². The Hall–Kier alpha value is -1.13. The maximum absolute atomic E-state index is 13.5. The first-order valence-electron chi connectivity index (χ1n) is 7.33. The van der Waals surface area contributed by atoms with Crippen molar-refractivity contribution < 1.29 is 9.13 Å². The lowest BCUT2D eigenvalue weighted by atomic mass is 10.0. The van der Waals surface area contributed by atoms with Crippen LogP contribution < -0.4 is 10.6 Å². The number of nitrogens with zero attached hydrogens (tertiary/aromatic N) is 1. The van der Waals surface area contributed by atoms with Gasteiger partial charge in [0.25, 0.3) is 0 Å². The average molecular weight is 282 g/mol. The molecule has 1 aromatic rings. The highest BCUT2D eigenvalue weighted by molar-refractivity contribution is 5.55. The highest BCUT2D eigenvalue weighted by Crippen LogP contribution is 2.25. The van der Waals surface area contributed by atoms with Gasteiger partial charge >= 0.3 is 0 Å². The molecule has 0 aliphatic heterocycles. The van der Waals surface area contributed by atoms with Crippen LogP contribution in [0.2, 0.25) is 0 Å². The van der Waals surface area contributed by atoms with Gasteiger partial charge in [0.1, 0.15) is 5.82 Å². The van der Waals surface area contributed by atoms with E-state index in [9.17, 15) is 4.39 Å². The molecule has 3 nitrogen and oxygen atoms in total. The molecule has 0 fully saturated rings. The molecule has 0 saturated heterocycles. The summed E-state index contributed by atoms with van der Waals surface area (Å²) in [6, 6.07) is 5.27. The van der Waals surface area contributed by atoms with E-state index in [-0.39, 0.29) is 17.9 Å². The minimum atomic E-state index is -0.206. The van der Waals surface area contributed by atoms with Crippen molar-refractivity contribution in [1.82, 2.24) is 0 Å². The van der Waals surface area contributed by atoms with Crippen LogP contribution in [0.4, 0.5) is 10.1 Å². The van der Waals surface area contributed by atoms with Gasteiger partial charge in [-0.05, 0) is 50.5 Å². The Morgan fingerprint density at radius 2 is 2.05 bits per heavy atom. The van der Waals surface area contributed by atoms with Crippen molar-refractivity contribution in [3.63, 3.8) is 0 Å². The van der Waals surface area contributed by atoms with Crippen LogP contribution in [0.3, 0.4) is 0 Å². The van der Waals surface area contributed by atoms with E-state index in [1.165, 1.54) is 6.07 Å². The number of hydrogen-bond donors (Lipinski definition) is 1. The molecule has 2 unspecified atom stereocenters. The molecule has 1 rings (SSSR count). The van der Waals surface area contributed by atoms with E-state index in [0.29, 0.717) is 13.0 Å². The number of rotatable bonds is 8. The number of halogens is 1. The summed E-state index contributed by atoms with van der Waals surface area (Å²) in [4.78, 5) is 2.24. The van der Waals surface area contributed by atoms with Crippen LogP contribution in [0, 0.1) is 5.82 Å². The lowest BCUT2D eigenvalue weighted by molar-refractivity contribution is 0.182. The summed E-state index contributed by atoms with van der Waals surface area (Å²) in [6.45, 7) is 7.75. The summed E-state index contributed by atoms with van der Waals surface area (Å²) in [5, 5.41) is 0. The summed E-state index contributed by atoms with van der Waals surface area (Å²) >= 11 is 0. The van der Waals surface area contributed by atoms with Gasteiger partial charge in [0, 0.05) is 31.4 Å². The van der Waals surface area contributed by atoms with Crippen molar-refractivity contribution in [2.45, 2.75) is 45.7 Å². The molecule has 4 heteroatoms. The largest absolute Gasteiger partial charge is 0.383 e. The van der Waals surface area contributed by atoms with E-state index in [1.54, 1.807) is 13.2 Å². The second-order valence-electron chi connectivity index (χ2n) is 5.24. The van der Waals surface area contributed by atoms with Gasteiger partial charge in [0.15, 0.2) is 0 Å². The van der Waals surface area contributed by atoms with E-state index in [2.05, 4.69) is 25.7 Å². The monoisotopic (exact) mass is 282 g/mol. The van der Waals surface area contributed by atoms with Gasteiger partial charge in [-0.3, -0.25) is 0 Å². The van der Waals surface area contributed by atoms with Gasteiger partial charge in [-0.25, -0.2) is 4.39 Å². The molecule has 0 aromatic heterocycles. The Bertz CT molecular complexity index is 411. The highest BCUT2D eigenvalue weighted by atomic mass is 19.1. The van der Waals surface area contributed by atoms with E-state index in [4.69, 9.17) is 10.5 Å². The molecule has 0 saturated carbocycles. The Labute approximate surface area is 121 Å². The Morgan fingerprint density at radius 1 is 1.35 bits per heavy atom. The molecule has 2 atom stereocenters. The molecule has 0 spiro atoms. The zero-order valence-corrected chi connectivity index (χ0v) is 13.0. The van der Waals surface area contributed by atoms with Crippen LogP contribution in [0.1, 0.15) is 32.8 Å². The zero-order chi connectivity index (χ0) is 15.1. The molecule has 0 radical (unpaired) electrons. The zero-order valence-electron chi connectivity index (χ0n) is 13.0. The number of likely N-dealkylation sites (N-methyl/N-ethyl adjacent to an activating group) is 1. The van der Waals surface area contributed by atoms with E-state index >= 15 is 0 Å². The van der Waals surface area contributed by atoms with E-state index in [1.807, 2.05) is 6.07 Å². The third-order valence-corrected chi connectivity index (χ3v) is 3.64. The van der Waals surface area contributed by atoms with Gasteiger partial charge in [-0.2, -0.15) is 0 Å². The third-order valence-electron chi connectivity index (χ3n) is 3.64. The fourth-order valence-corrected chi connectivity index (χ4v) is 2.48. The molecule has 2 N–H and O–H groups in total. The first-order valence-corrected chi connectivity index (χ1v) is 7.33. The second kappa shape index (κ2) is 8.22. The van der Waals surface area contributed by atoms with Crippen LogP contribution in [0.25, 0.3) is 0 Å². The molecule has 0 amide bonds. The molecule has 0 aliphatic rings. The van der Waals surface area contributed by atoms with Crippen molar-refractivity contribution in [3.05, 3.63) is 29.6 Å². The molecular formula is C16H27FN2O. The first-order chi connectivity index (χ1) is 9.53. The van der Waals surface area contributed by atoms with Crippen LogP contribution in [0.5, 0.6) is 0 Å². The quantitative estimate of drug-likeness (QED) is 0.796. The third kappa shape index (κ3) is 4.46. The fourth-order valence-electron chi connectivity index (χ4n) is 2.48. The average Bonchev–Trinajstić information content (AvgIpc) is 2.42. The predicted octanol–water partition coefficient (Wildman–Crippen LogP) is 2.97. The SMILES string of the molecule is CCC(N)Cc1cc(F)ccc1N(CC)C(C)COC. The normalized spacial score (nSPS) is 14.1. The summed E-state index contributed by atoms with van der Waals surface area (Å²) in [5.41, 5.74) is 8.07. The topological polar surface area (TPSA) is 38.5 Å². The Morgan fingerprint density at radius 3 is 2.60 bits per heavy atom. The minimum Gasteiger partial charge on any atom is -0.383 e. The Kier molecular flexibility index (Phi) is 6.96. The number of ether oxygens (including phenoxy) is 1. The molecule has 114 valence electrons. The van der Waals surface area contributed by atoms with Gasteiger partial charge < -0.3 is 15.4 Å². The lowest BCUT2D eigenvalue weighted by Crippen LogP contribution is -2.37. The number of methoxy groups -OCH3 is 1. The molecule has 0 aliphatic carbocycles. The first kappa shape index (κ1) is 16.9. The summed E-state index contributed by atoms with van der Waals surface area (Å²) in [5.74, 6) is -0.206. The van der Waals surface area contributed by atoms with Crippen molar-refractivity contribution >= 4 is 5.69 Å². The maximum atomic E-state index is 13.5. The minimum absolute atomic E-state index is 0.0620. The van der Waals surface area contributed by atoms with Crippen LogP contribution in [-0.4, -0.2) is 32.3 Å². The van der Waals surface area contributed by atoms with Crippen molar-refractivity contribution in [3.8, 4) is 0 Å². The molecule has 0 heterocycles. The molecule has 1 aromatic carbocycles.